The average Bonchev–Trinajstić information content (AvgIpc) is 3.30. The predicted molar refractivity (Wildman–Crippen MR) is 87.2 cm³/mol. The van der Waals surface area contributed by atoms with E-state index in [0.29, 0.717) is 6.54 Å². The Balaban J connectivity index is 1.44. The average molecular weight is 322 g/mol. The number of rotatable bonds is 4. The van der Waals surface area contributed by atoms with Gasteiger partial charge in [0.25, 0.3) is 0 Å². The van der Waals surface area contributed by atoms with Gasteiger partial charge >= 0.3 is 0 Å². The van der Waals surface area contributed by atoms with Crippen molar-refractivity contribution in [2.24, 2.45) is 5.92 Å². The summed E-state index contributed by atoms with van der Waals surface area (Å²) in [4.78, 5) is 16.5. The van der Waals surface area contributed by atoms with Gasteiger partial charge in [0.15, 0.2) is 0 Å². The van der Waals surface area contributed by atoms with Crippen molar-refractivity contribution in [2.45, 2.75) is 25.9 Å². The molecule has 0 aliphatic carbocycles. The van der Waals surface area contributed by atoms with Crippen LogP contribution in [0.15, 0.2) is 49.2 Å². The van der Waals surface area contributed by atoms with E-state index >= 15 is 0 Å². The SMILES string of the molecule is O=C(NCc1ccccc1-n1cncn1)C1CCn2nccc2C1. The third-order valence-electron chi connectivity index (χ3n) is 4.43. The molecular weight excluding hydrogens is 304 g/mol. The van der Waals surface area contributed by atoms with E-state index in [9.17, 15) is 4.79 Å². The van der Waals surface area contributed by atoms with Crippen molar-refractivity contribution in [3.63, 3.8) is 0 Å². The summed E-state index contributed by atoms with van der Waals surface area (Å²) in [5.74, 6) is 0.101. The lowest BCUT2D eigenvalue weighted by atomic mass is 9.95. The van der Waals surface area contributed by atoms with E-state index in [2.05, 4.69) is 20.5 Å². The quantitative estimate of drug-likeness (QED) is 0.786. The van der Waals surface area contributed by atoms with Crippen LogP contribution >= 0.6 is 0 Å². The molecule has 3 aromatic rings. The Bertz CT molecular complexity index is 838. The molecule has 7 heteroatoms. The Kier molecular flexibility index (Phi) is 3.82. The molecule has 3 heterocycles. The van der Waals surface area contributed by atoms with Crippen LogP contribution in [-0.2, 0) is 24.3 Å². The fraction of sp³-hybridized carbons (Fsp3) is 0.294. The van der Waals surface area contributed by atoms with Crippen LogP contribution < -0.4 is 5.32 Å². The molecule has 7 nitrogen and oxygen atoms in total. The molecule has 0 spiro atoms. The summed E-state index contributed by atoms with van der Waals surface area (Å²) in [6.45, 7) is 1.28. The van der Waals surface area contributed by atoms with Crippen LogP contribution in [0.1, 0.15) is 17.7 Å². The molecule has 4 rings (SSSR count). The second-order valence-corrected chi connectivity index (χ2v) is 5.92. The summed E-state index contributed by atoms with van der Waals surface area (Å²) >= 11 is 0. The number of nitrogens with zero attached hydrogens (tertiary/aromatic N) is 5. The molecular formula is C17H18N6O. The summed E-state index contributed by atoms with van der Waals surface area (Å²) in [6.07, 6.45) is 6.52. The van der Waals surface area contributed by atoms with E-state index < -0.39 is 0 Å². The van der Waals surface area contributed by atoms with Crippen LogP contribution in [0.3, 0.4) is 0 Å². The molecule has 1 N–H and O–H groups in total. The van der Waals surface area contributed by atoms with Crippen LogP contribution in [0.5, 0.6) is 0 Å². The lowest BCUT2D eigenvalue weighted by molar-refractivity contribution is -0.125. The first-order valence-electron chi connectivity index (χ1n) is 8.02. The van der Waals surface area contributed by atoms with Crippen LogP contribution in [0.2, 0.25) is 0 Å². The Hall–Kier alpha value is -2.96. The van der Waals surface area contributed by atoms with Crippen LogP contribution in [0, 0.1) is 5.92 Å². The molecule has 2 aromatic heterocycles. The fourth-order valence-electron chi connectivity index (χ4n) is 3.13. The smallest absolute Gasteiger partial charge is 0.223 e. The number of aromatic nitrogens is 5. The number of nitrogens with one attached hydrogen (secondary N) is 1. The molecule has 0 radical (unpaired) electrons. The molecule has 0 bridgehead atoms. The number of para-hydroxylation sites is 1. The Labute approximate surface area is 139 Å². The second kappa shape index (κ2) is 6.27. The van der Waals surface area contributed by atoms with Gasteiger partial charge in [-0.2, -0.15) is 10.2 Å². The molecule has 1 atom stereocenters. The Morgan fingerprint density at radius 3 is 3.04 bits per heavy atom. The van der Waals surface area contributed by atoms with E-state index in [-0.39, 0.29) is 11.8 Å². The zero-order valence-corrected chi connectivity index (χ0v) is 13.2. The second-order valence-electron chi connectivity index (χ2n) is 5.92. The minimum Gasteiger partial charge on any atom is -0.352 e. The monoisotopic (exact) mass is 322 g/mol. The zero-order chi connectivity index (χ0) is 16.4. The number of fused-ring (bicyclic) bond motifs is 1. The van der Waals surface area contributed by atoms with Gasteiger partial charge in [-0.25, -0.2) is 9.67 Å². The molecule has 122 valence electrons. The topological polar surface area (TPSA) is 77.6 Å². The summed E-state index contributed by atoms with van der Waals surface area (Å²) in [5, 5.41) is 11.5. The van der Waals surface area contributed by atoms with Gasteiger partial charge in [-0.3, -0.25) is 9.48 Å². The molecule has 1 amide bonds. The van der Waals surface area contributed by atoms with E-state index in [0.717, 1.165) is 36.3 Å². The molecule has 0 saturated heterocycles. The standard InChI is InChI=1S/C17H18N6O/c24-17(13-6-8-22-15(9-13)5-7-20-22)19-10-14-3-1-2-4-16(14)23-12-18-11-21-23/h1-5,7,11-13H,6,8-10H2,(H,19,24). The fourth-order valence-corrected chi connectivity index (χ4v) is 3.13. The maximum atomic E-state index is 12.5. The normalized spacial score (nSPS) is 16.6. The largest absolute Gasteiger partial charge is 0.352 e. The maximum absolute atomic E-state index is 12.5. The maximum Gasteiger partial charge on any atom is 0.223 e. The van der Waals surface area contributed by atoms with Crippen molar-refractivity contribution in [3.8, 4) is 5.69 Å². The number of benzene rings is 1. The van der Waals surface area contributed by atoms with E-state index in [1.165, 1.54) is 6.33 Å². The number of hydrogen-bond acceptors (Lipinski definition) is 4. The van der Waals surface area contributed by atoms with Crippen molar-refractivity contribution in [2.75, 3.05) is 0 Å². The first-order valence-corrected chi connectivity index (χ1v) is 8.02. The highest BCUT2D eigenvalue weighted by molar-refractivity contribution is 5.79. The predicted octanol–water partition coefficient (Wildman–Crippen LogP) is 1.34. The number of carbonyl (C=O) groups excluding carboxylic acids is 1. The van der Waals surface area contributed by atoms with Crippen LogP contribution in [0.25, 0.3) is 5.69 Å². The van der Waals surface area contributed by atoms with Gasteiger partial charge in [0.1, 0.15) is 12.7 Å². The van der Waals surface area contributed by atoms with Gasteiger partial charge in [0.05, 0.1) is 5.69 Å². The lowest BCUT2D eigenvalue weighted by Crippen LogP contribution is -2.35. The number of amides is 1. The third kappa shape index (κ3) is 2.80. The van der Waals surface area contributed by atoms with Gasteiger partial charge < -0.3 is 5.32 Å². The molecule has 1 unspecified atom stereocenters. The number of hydrogen-bond donors (Lipinski definition) is 1. The minimum atomic E-state index is 0.00716. The summed E-state index contributed by atoms with van der Waals surface area (Å²) < 4.78 is 3.68. The summed E-state index contributed by atoms with van der Waals surface area (Å²) in [5.41, 5.74) is 3.07. The van der Waals surface area contributed by atoms with E-state index in [1.807, 2.05) is 35.0 Å². The van der Waals surface area contributed by atoms with E-state index in [1.54, 1.807) is 17.2 Å². The lowest BCUT2D eigenvalue weighted by Gasteiger charge is -2.22. The molecule has 0 saturated carbocycles. The van der Waals surface area contributed by atoms with Gasteiger partial charge in [0.2, 0.25) is 5.91 Å². The highest BCUT2D eigenvalue weighted by atomic mass is 16.1. The first kappa shape index (κ1) is 14.6. The van der Waals surface area contributed by atoms with E-state index in [4.69, 9.17) is 0 Å². The van der Waals surface area contributed by atoms with Crippen molar-refractivity contribution >= 4 is 5.91 Å². The zero-order valence-electron chi connectivity index (χ0n) is 13.2. The highest BCUT2D eigenvalue weighted by Gasteiger charge is 2.24. The minimum absolute atomic E-state index is 0.00716. The van der Waals surface area contributed by atoms with Gasteiger partial charge in [-0.1, -0.05) is 18.2 Å². The van der Waals surface area contributed by atoms with Crippen molar-refractivity contribution in [1.29, 1.82) is 0 Å². The molecule has 1 aliphatic heterocycles. The number of aryl methyl sites for hydroxylation is 1. The molecule has 0 fully saturated rings. The molecule has 1 aromatic carbocycles. The molecule has 24 heavy (non-hydrogen) atoms. The van der Waals surface area contributed by atoms with Gasteiger partial charge in [0, 0.05) is 37.3 Å². The third-order valence-corrected chi connectivity index (χ3v) is 4.43. The van der Waals surface area contributed by atoms with Crippen molar-refractivity contribution in [1.82, 2.24) is 29.9 Å². The van der Waals surface area contributed by atoms with Crippen molar-refractivity contribution in [3.05, 3.63) is 60.4 Å². The Morgan fingerprint density at radius 2 is 2.17 bits per heavy atom. The van der Waals surface area contributed by atoms with Crippen LogP contribution in [0.4, 0.5) is 0 Å². The Morgan fingerprint density at radius 1 is 1.25 bits per heavy atom. The van der Waals surface area contributed by atoms with Crippen LogP contribution in [-0.4, -0.2) is 30.5 Å². The summed E-state index contributed by atoms with van der Waals surface area (Å²) in [6, 6.07) is 9.85. The summed E-state index contributed by atoms with van der Waals surface area (Å²) in [7, 11) is 0. The van der Waals surface area contributed by atoms with Crippen molar-refractivity contribution < 1.29 is 4.79 Å². The van der Waals surface area contributed by atoms with Gasteiger partial charge in [-0.05, 0) is 24.1 Å². The first-order chi connectivity index (χ1) is 11.8. The highest BCUT2D eigenvalue weighted by Crippen LogP contribution is 2.20. The number of carbonyl (C=O) groups is 1. The molecule has 1 aliphatic rings. The van der Waals surface area contributed by atoms with Gasteiger partial charge in [-0.15, -0.1) is 0 Å².